The summed E-state index contributed by atoms with van der Waals surface area (Å²) >= 11 is 0. The highest BCUT2D eigenvalue weighted by Crippen LogP contribution is 2.46. The molecule has 1 fully saturated rings. The average Bonchev–Trinajstić information content (AvgIpc) is 2.37. The molecule has 0 saturated heterocycles. The molecule has 21 heavy (non-hydrogen) atoms. The van der Waals surface area contributed by atoms with Crippen molar-refractivity contribution < 1.29 is 4.74 Å². The molecule has 0 amide bonds. The molecule has 0 aromatic carbocycles. The van der Waals surface area contributed by atoms with E-state index in [4.69, 9.17) is 10.5 Å². The highest BCUT2D eigenvalue weighted by atomic mass is 16.5. The van der Waals surface area contributed by atoms with E-state index in [-0.39, 0.29) is 23.2 Å². The van der Waals surface area contributed by atoms with Crippen molar-refractivity contribution in [3.8, 4) is 0 Å². The van der Waals surface area contributed by atoms with Crippen LogP contribution in [-0.4, -0.2) is 28.7 Å². The molecule has 1 heterocycles. The second kappa shape index (κ2) is 5.64. The molecule has 1 aliphatic rings. The zero-order valence-corrected chi connectivity index (χ0v) is 13.6. The van der Waals surface area contributed by atoms with Gasteiger partial charge in [0.05, 0.1) is 17.7 Å². The minimum atomic E-state index is -0.131. The molecule has 0 bridgehead atoms. The second-order valence-corrected chi connectivity index (χ2v) is 7.15. The largest absolute Gasteiger partial charge is 0.372 e. The van der Waals surface area contributed by atoms with E-state index in [1.165, 1.54) is 0 Å². The van der Waals surface area contributed by atoms with Crippen LogP contribution in [0.5, 0.6) is 0 Å². The number of anilines is 1. The Labute approximate surface area is 127 Å². The number of hydrogen-bond donors (Lipinski definition) is 2. The van der Waals surface area contributed by atoms with Crippen LogP contribution in [0.2, 0.25) is 0 Å². The lowest BCUT2D eigenvalue weighted by molar-refractivity contribution is -0.165. The maximum atomic E-state index is 6.08. The summed E-state index contributed by atoms with van der Waals surface area (Å²) in [4.78, 5) is 8.75. The minimum Gasteiger partial charge on any atom is -0.372 e. The minimum absolute atomic E-state index is 0.0102. The molecule has 1 aliphatic carbocycles. The van der Waals surface area contributed by atoms with Gasteiger partial charge in [0.25, 0.3) is 0 Å². The van der Waals surface area contributed by atoms with E-state index < -0.39 is 0 Å². The van der Waals surface area contributed by atoms with Gasteiger partial charge in [0.15, 0.2) is 5.96 Å². The van der Waals surface area contributed by atoms with Gasteiger partial charge in [-0.3, -0.25) is 0 Å². The molecule has 0 unspecified atom stereocenters. The fourth-order valence-electron chi connectivity index (χ4n) is 2.48. The Morgan fingerprint density at radius 1 is 1.43 bits per heavy atom. The van der Waals surface area contributed by atoms with Gasteiger partial charge >= 0.3 is 0 Å². The molecule has 3 N–H and O–H groups in total. The summed E-state index contributed by atoms with van der Waals surface area (Å²) in [6.07, 6.45) is 2.83. The summed E-state index contributed by atoms with van der Waals surface area (Å²) in [6, 6.07) is 5.80. The molecule has 0 radical (unpaired) electrons. The normalized spacial score (nSPS) is 25.3. The van der Waals surface area contributed by atoms with Gasteiger partial charge in [-0.2, -0.15) is 0 Å². The van der Waals surface area contributed by atoms with Gasteiger partial charge in [-0.05, 0) is 39.3 Å². The third kappa shape index (κ3) is 3.94. The maximum Gasteiger partial charge on any atom is 0.194 e. The summed E-state index contributed by atoms with van der Waals surface area (Å²) in [5.41, 5.74) is 5.83. The molecule has 1 aromatic heterocycles. The van der Waals surface area contributed by atoms with E-state index in [1.54, 1.807) is 6.20 Å². The van der Waals surface area contributed by atoms with Crippen LogP contribution in [0, 0.1) is 5.41 Å². The van der Waals surface area contributed by atoms with Crippen molar-refractivity contribution in [2.75, 3.05) is 5.32 Å². The quantitative estimate of drug-likeness (QED) is 0.663. The fourth-order valence-corrected chi connectivity index (χ4v) is 2.48. The lowest BCUT2D eigenvalue weighted by atomic mass is 9.64. The third-order valence-electron chi connectivity index (χ3n) is 3.84. The van der Waals surface area contributed by atoms with Gasteiger partial charge in [0.1, 0.15) is 5.82 Å². The smallest absolute Gasteiger partial charge is 0.194 e. The summed E-state index contributed by atoms with van der Waals surface area (Å²) in [6.45, 7) is 10.6. The number of pyridine rings is 1. The number of ether oxygens (including phenoxy) is 1. The standard InChI is InChI=1S/C16H26N4O/c1-15(2,3)21-12-10-11(16(12,4)5)19-14(17)20-13-8-6-7-9-18-13/h6-9,11-12H,10H2,1-5H3,(H3,17,18,19,20)/t11-,12+/m0/s1. The monoisotopic (exact) mass is 290 g/mol. The number of nitrogens with two attached hydrogens (primary N) is 1. The first-order chi connectivity index (χ1) is 9.68. The Bertz CT molecular complexity index is 505. The van der Waals surface area contributed by atoms with Crippen LogP contribution in [0.25, 0.3) is 0 Å². The summed E-state index contributed by atoms with van der Waals surface area (Å²) in [5, 5.41) is 3.02. The van der Waals surface area contributed by atoms with Crippen LogP contribution >= 0.6 is 0 Å². The Hall–Kier alpha value is -1.62. The zero-order chi connectivity index (χ0) is 15.7. The lowest BCUT2D eigenvalue weighted by Gasteiger charge is -2.51. The van der Waals surface area contributed by atoms with E-state index in [2.05, 4.69) is 49.9 Å². The number of guanidine groups is 1. The molecule has 0 spiro atoms. The second-order valence-electron chi connectivity index (χ2n) is 7.15. The van der Waals surface area contributed by atoms with Crippen molar-refractivity contribution in [2.24, 2.45) is 16.1 Å². The van der Waals surface area contributed by atoms with Gasteiger partial charge in [0, 0.05) is 11.6 Å². The van der Waals surface area contributed by atoms with Crippen LogP contribution in [0.15, 0.2) is 29.4 Å². The Balaban J connectivity index is 1.96. The van der Waals surface area contributed by atoms with Gasteiger partial charge in [-0.15, -0.1) is 0 Å². The first-order valence-electron chi connectivity index (χ1n) is 7.37. The van der Waals surface area contributed by atoms with Crippen LogP contribution in [0.1, 0.15) is 41.0 Å². The fraction of sp³-hybridized carbons (Fsp3) is 0.625. The topological polar surface area (TPSA) is 72.5 Å². The Morgan fingerprint density at radius 2 is 2.14 bits per heavy atom. The van der Waals surface area contributed by atoms with Crippen LogP contribution in [-0.2, 0) is 4.74 Å². The van der Waals surface area contributed by atoms with E-state index in [9.17, 15) is 0 Å². The van der Waals surface area contributed by atoms with E-state index in [1.807, 2.05) is 18.2 Å². The molecule has 5 nitrogen and oxygen atoms in total. The lowest BCUT2D eigenvalue weighted by Crippen LogP contribution is -2.56. The SMILES string of the molecule is CC(C)(C)O[C@@H]1C[C@H](N=C(N)Nc2ccccn2)C1(C)C. The van der Waals surface area contributed by atoms with Crippen molar-refractivity contribution >= 4 is 11.8 Å². The van der Waals surface area contributed by atoms with E-state index in [0.717, 1.165) is 6.42 Å². The number of aromatic nitrogens is 1. The first kappa shape index (κ1) is 15.8. The van der Waals surface area contributed by atoms with Gasteiger partial charge in [-0.25, -0.2) is 9.98 Å². The average molecular weight is 290 g/mol. The van der Waals surface area contributed by atoms with Crippen molar-refractivity contribution in [1.82, 2.24) is 4.98 Å². The van der Waals surface area contributed by atoms with E-state index in [0.29, 0.717) is 11.8 Å². The molecule has 2 atom stereocenters. The summed E-state index contributed by atoms with van der Waals surface area (Å²) in [5.74, 6) is 1.11. The Morgan fingerprint density at radius 3 is 2.67 bits per heavy atom. The molecule has 0 aliphatic heterocycles. The molecule has 1 aromatic rings. The summed E-state index contributed by atoms with van der Waals surface area (Å²) in [7, 11) is 0. The number of hydrogen-bond acceptors (Lipinski definition) is 3. The van der Waals surface area contributed by atoms with Crippen molar-refractivity contribution in [2.45, 2.75) is 58.8 Å². The predicted octanol–water partition coefficient (Wildman–Crippen LogP) is 2.79. The van der Waals surface area contributed by atoms with Crippen molar-refractivity contribution in [1.29, 1.82) is 0 Å². The summed E-state index contributed by atoms with van der Waals surface area (Å²) < 4.78 is 6.08. The molecular weight excluding hydrogens is 264 g/mol. The van der Waals surface area contributed by atoms with Crippen LogP contribution in [0.3, 0.4) is 0 Å². The van der Waals surface area contributed by atoms with Crippen LogP contribution in [0.4, 0.5) is 5.82 Å². The maximum absolute atomic E-state index is 6.08. The van der Waals surface area contributed by atoms with Crippen molar-refractivity contribution in [3.05, 3.63) is 24.4 Å². The van der Waals surface area contributed by atoms with E-state index >= 15 is 0 Å². The Kier molecular flexibility index (Phi) is 4.23. The number of nitrogens with zero attached hydrogens (tertiary/aromatic N) is 2. The molecular formula is C16H26N4O. The molecule has 1 saturated carbocycles. The van der Waals surface area contributed by atoms with Gasteiger partial charge in [0.2, 0.25) is 0 Å². The third-order valence-corrected chi connectivity index (χ3v) is 3.84. The van der Waals surface area contributed by atoms with Gasteiger partial charge < -0.3 is 15.8 Å². The molecule has 2 rings (SSSR count). The number of aliphatic imine (C=N–C) groups is 1. The zero-order valence-electron chi connectivity index (χ0n) is 13.6. The van der Waals surface area contributed by atoms with Crippen LogP contribution < -0.4 is 11.1 Å². The number of rotatable bonds is 3. The predicted molar refractivity (Wildman–Crippen MR) is 86.3 cm³/mol. The highest BCUT2D eigenvalue weighted by molar-refractivity contribution is 5.91. The number of nitrogens with one attached hydrogen (secondary N) is 1. The van der Waals surface area contributed by atoms with Gasteiger partial charge in [-0.1, -0.05) is 19.9 Å². The first-order valence-corrected chi connectivity index (χ1v) is 7.37. The molecule has 5 heteroatoms. The van der Waals surface area contributed by atoms with Crippen molar-refractivity contribution in [3.63, 3.8) is 0 Å². The molecule has 116 valence electrons. The highest BCUT2D eigenvalue weighted by Gasteiger charge is 2.50.